The van der Waals surface area contributed by atoms with Crippen LogP contribution in [-0.4, -0.2) is 24.1 Å². The number of hydrogen-bond donors (Lipinski definition) is 1. The molecule has 3 aromatic rings. The average Bonchev–Trinajstić information content (AvgIpc) is 2.76. The number of aryl methyl sites for hydroxylation is 1. The maximum Gasteiger partial charge on any atom is 0.220 e. The molecule has 1 N–H and O–H groups in total. The minimum atomic E-state index is -0.00154. The number of para-hydroxylation sites is 1. The lowest BCUT2D eigenvalue weighted by molar-refractivity contribution is -0.121. The summed E-state index contributed by atoms with van der Waals surface area (Å²) >= 11 is 5.86. The molecule has 0 aliphatic heterocycles. The first kappa shape index (κ1) is 20.7. The number of aromatic nitrogens is 1. The third-order valence-electron chi connectivity index (χ3n) is 4.19. The number of halogens is 1. The summed E-state index contributed by atoms with van der Waals surface area (Å²) in [6, 6.07) is 20.8. The average molecular weight is 411 g/mol. The number of nitrogens with one attached hydrogen (secondary N) is 1. The maximum atomic E-state index is 12.0. The van der Waals surface area contributed by atoms with Gasteiger partial charge in [-0.15, -0.1) is 0 Å². The normalized spacial score (nSPS) is 10.4. The third-order valence-corrected chi connectivity index (χ3v) is 4.44. The summed E-state index contributed by atoms with van der Waals surface area (Å²) in [5, 5.41) is 3.60. The van der Waals surface area contributed by atoms with Gasteiger partial charge in [-0.25, -0.2) is 4.98 Å². The van der Waals surface area contributed by atoms with E-state index in [4.69, 9.17) is 21.1 Å². The molecule has 5 nitrogen and oxygen atoms in total. The summed E-state index contributed by atoms with van der Waals surface area (Å²) in [7, 11) is 0. The lowest BCUT2D eigenvalue weighted by Crippen LogP contribution is -2.23. The minimum absolute atomic E-state index is 0.00154. The van der Waals surface area contributed by atoms with E-state index in [9.17, 15) is 4.79 Å². The van der Waals surface area contributed by atoms with Crippen molar-refractivity contribution in [3.05, 3.63) is 89.1 Å². The number of nitrogens with zero attached hydrogens (tertiary/aromatic N) is 1. The van der Waals surface area contributed by atoms with Crippen LogP contribution in [0.25, 0.3) is 0 Å². The van der Waals surface area contributed by atoms with Gasteiger partial charge in [0, 0.05) is 30.3 Å². The maximum absolute atomic E-state index is 12.0. The van der Waals surface area contributed by atoms with Gasteiger partial charge in [0.25, 0.3) is 0 Å². The van der Waals surface area contributed by atoms with Gasteiger partial charge in [-0.3, -0.25) is 4.79 Å². The van der Waals surface area contributed by atoms with Crippen molar-refractivity contribution in [2.45, 2.75) is 19.4 Å². The Morgan fingerprint density at radius 2 is 1.62 bits per heavy atom. The van der Waals surface area contributed by atoms with E-state index in [1.165, 1.54) is 0 Å². The summed E-state index contributed by atoms with van der Waals surface area (Å²) in [4.78, 5) is 16.3. The highest BCUT2D eigenvalue weighted by molar-refractivity contribution is 6.30. The van der Waals surface area contributed by atoms with Gasteiger partial charge in [-0.05, 0) is 41.8 Å². The van der Waals surface area contributed by atoms with E-state index in [0.29, 0.717) is 43.5 Å². The lowest BCUT2D eigenvalue weighted by atomic mass is 10.1. The number of benzene rings is 2. The molecule has 0 spiro atoms. The second-order valence-corrected chi connectivity index (χ2v) is 6.85. The largest absolute Gasteiger partial charge is 0.490 e. The fourth-order valence-corrected chi connectivity index (χ4v) is 2.75. The molecule has 2 aromatic carbocycles. The predicted octanol–water partition coefficient (Wildman–Crippen LogP) is 4.44. The van der Waals surface area contributed by atoms with Gasteiger partial charge >= 0.3 is 0 Å². The van der Waals surface area contributed by atoms with Crippen LogP contribution in [0.1, 0.15) is 17.5 Å². The monoisotopic (exact) mass is 410 g/mol. The van der Waals surface area contributed by atoms with E-state index < -0.39 is 0 Å². The molecule has 29 heavy (non-hydrogen) atoms. The molecule has 6 heteroatoms. The van der Waals surface area contributed by atoms with E-state index in [-0.39, 0.29) is 5.91 Å². The molecule has 0 unspecified atom stereocenters. The van der Waals surface area contributed by atoms with Crippen LogP contribution in [0.15, 0.2) is 72.9 Å². The Morgan fingerprint density at radius 3 is 2.34 bits per heavy atom. The smallest absolute Gasteiger partial charge is 0.220 e. The Balaban J connectivity index is 1.33. The van der Waals surface area contributed by atoms with Crippen molar-refractivity contribution in [2.24, 2.45) is 0 Å². The molecule has 0 atom stereocenters. The van der Waals surface area contributed by atoms with Gasteiger partial charge < -0.3 is 14.8 Å². The molecule has 0 fully saturated rings. The van der Waals surface area contributed by atoms with Crippen molar-refractivity contribution in [1.29, 1.82) is 0 Å². The number of hydrogen-bond acceptors (Lipinski definition) is 4. The van der Waals surface area contributed by atoms with Crippen LogP contribution in [0.2, 0.25) is 5.02 Å². The molecular formula is C23H23ClN2O3. The van der Waals surface area contributed by atoms with Crippen molar-refractivity contribution in [3.63, 3.8) is 0 Å². The SMILES string of the molecule is O=C(CCc1ccc(Cl)cc1)NCc1ccc(OCCOc2ccccc2)nc1. The lowest BCUT2D eigenvalue weighted by Gasteiger charge is -2.09. The van der Waals surface area contributed by atoms with Gasteiger partial charge in [-0.1, -0.05) is 48.0 Å². The molecular weight excluding hydrogens is 388 g/mol. The van der Waals surface area contributed by atoms with Crippen LogP contribution < -0.4 is 14.8 Å². The fourth-order valence-electron chi connectivity index (χ4n) is 2.62. The van der Waals surface area contributed by atoms with Crippen molar-refractivity contribution in [2.75, 3.05) is 13.2 Å². The van der Waals surface area contributed by atoms with Crippen LogP contribution >= 0.6 is 11.6 Å². The number of ether oxygens (including phenoxy) is 2. The number of rotatable bonds is 10. The molecule has 150 valence electrons. The van der Waals surface area contributed by atoms with Crippen LogP contribution in [0.3, 0.4) is 0 Å². The first-order valence-electron chi connectivity index (χ1n) is 9.46. The second kappa shape index (κ2) is 11.1. The van der Waals surface area contributed by atoms with E-state index in [2.05, 4.69) is 10.3 Å². The summed E-state index contributed by atoms with van der Waals surface area (Å²) in [5.41, 5.74) is 2.00. The quantitative estimate of drug-likeness (QED) is 0.502. The van der Waals surface area contributed by atoms with Crippen molar-refractivity contribution in [3.8, 4) is 11.6 Å². The van der Waals surface area contributed by atoms with Gasteiger partial charge in [0.1, 0.15) is 19.0 Å². The van der Waals surface area contributed by atoms with E-state index in [1.54, 1.807) is 12.3 Å². The molecule has 1 amide bonds. The zero-order valence-electron chi connectivity index (χ0n) is 16.0. The van der Waals surface area contributed by atoms with E-state index >= 15 is 0 Å². The summed E-state index contributed by atoms with van der Waals surface area (Å²) in [5.74, 6) is 1.34. The van der Waals surface area contributed by atoms with Crippen LogP contribution in [0.4, 0.5) is 0 Å². The standard InChI is InChI=1S/C23H23ClN2O3/c24-20-10-6-18(7-11-20)8-12-22(27)25-16-19-9-13-23(26-17-19)29-15-14-28-21-4-2-1-3-5-21/h1-7,9-11,13,17H,8,12,14-16H2,(H,25,27). The molecule has 0 saturated heterocycles. The highest BCUT2D eigenvalue weighted by Crippen LogP contribution is 2.12. The van der Waals surface area contributed by atoms with Gasteiger partial charge in [0.2, 0.25) is 11.8 Å². The summed E-state index contributed by atoms with van der Waals surface area (Å²) < 4.78 is 11.1. The van der Waals surface area contributed by atoms with Gasteiger partial charge in [-0.2, -0.15) is 0 Å². The fraction of sp³-hybridized carbons (Fsp3) is 0.217. The predicted molar refractivity (Wildman–Crippen MR) is 113 cm³/mol. The molecule has 0 aliphatic carbocycles. The topological polar surface area (TPSA) is 60.5 Å². The van der Waals surface area contributed by atoms with Crippen LogP contribution in [0, 0.1) is 0 Å². The molecule has 1 aromatic heterocycles. The van der Waals surface area contributed by atoms with Crippen molar-refractivity contribution in [1.82, 2.24) is 10.3 Å². The number of amides is 1. The zero-order valence-corrected chi connectivity index (χ0v) is 16.8. The Kier molecular flexibility index (Phi) is 7.90. The molecule has 0 aliphatic rings. The highest BCUT2D eigenvalue weighted by Gasteiger charge is 2.04. The zero-order chi connectivity index (χ0) is 20.3. The Morgan fingerprint density at radius 1 is 0.897 bits per heavy atom. The third kappa shape index (κ3) is 7.47. The van der Waals surface area contributed by atoms with Crippen LogP contribution in [-0.2, 0) is 17.8 Å². The number of carbonyl (C=O) groups excluding carboxylic acids is 1. The molecule has 3 rings (SSSR count). The first-order valence-corrected chi connectivity index (χ1v) is 9.83. The highest BCUT2D eigenvalue weighted by atomic mass is 35.5. The minimum Gasteiger partial charge on any atom is -0.490 e. The molecule has 0 radical (unpaired) electrons. The van der Waals surface area contributed by atoms with E-state index in [0.717, 1.165) is 16.9 Å². The Hall–Kier alpha value is -3.05. The molecule has 0 saturated carbocycles. The van der Waals surface area contributed by atoms with Crippen LogP contribution in [0.5, 0.6) is 11.6 Å². The van der Waals surface area contributed by atoms with E-state index in [1.807, 2.05) is 60.7 Å². The Bertz CT molecular complexity index is 884. The molecule has 1 heterocycles. The van der Waals surface area contributed by atoms with Gasteiger partial charge in [0.15, 0.2) is 0 Å². The number of pyridine rings is 1. The first-order chi connectivity index (χ1) is 14.2. The Labute approximate surface area is 175 Å². The van der Waals surface area contributed by atoms with Crippen molar-refractivity contribution < 1.29 is 14.3 Å². The summed E-state index contributed by atoms with van der Waals surface area (Å²) in [6.45, 7) is 1.28. The number of carbonyl (C=O) groups is 1. The van der Waals surface area contributed by atoms with Gasteiger partial charge in [0.05, 0.1) is 0 Å². The second-order valence-electron chi connectivity index (χ2n) is 6.42. The summed E-state index contributed by atoms with van der Waals surface area (Å²) in [6.07, 6.45) is 2.81. The van der Waals surface area contributed by atoms with Crippen molar-refractivity contribution >= 4 is 17.5 Å². The molecule has 0 bridgehead atoms.